The molecule has 1 unspecified atom stereocenters. The van der Waals surface area contributed by atoms with E-state index in [1.165, 1.54) is 0 Å². The first-order valence-corrected chi connectivity index (χ1v) is 4.58. The lowest BCUT2D eigenvalue weighted by Crippen LogP contribution is -2.39. The summed E-state index contributed by atoms with van der Waals surface area (Å²) in [5, 5.41) is 0. The summed E-state index contributed by atoms with van der Waals surface area (Å²) >= 11 is 0. The summed E-state index contributed by atoms with van der Waals surface area (Å²) in [6.07, 6.45) is 1.91. The average molecular weight is 188 g/mol. The van der Waals surface area contributed by atoms with E-state index in [4.69, 9.17) is 14.2 Å². The highest BCUT2D eigenvalue weighted by molar-refractivity contribution is 5.79. The molecule has 0 aromatic rings. The van der Waals surface area contributed by atoms with Crippen LogP contribution in [0.1, 0.15) is 26.7 Å². The number of carbonyl (C=O) groups is 1. The molecule has 76 valence electrons. The standard InChI is InChI=1S/C9H16O4/c1-3-4-5-12-8(10)9(2)6-11-7-13-9/h3-7H2,1-2H3. The van der Waals surface area contributed by atoms with Gasteiger partial charge >= 0.3 is 5.97 Å². The van der Waals surface area contributed by atoms with E-state index in [-0.39, 0.29) is 19.4 Å². The Morgan fingerprint density at radius 3 is 2.92 bits per heavy atom. The van der Waals surface area contributed by atoms with Crippen molar-refractivity contribution in [3.63, 3.8) is 0 Å². The molecule has 0 aliphatic carbocycles. The number of esters is 1. The van der Waals surface area contributed by atoms with E-state index in [0.29, 0.717) is 6.61 Å². The Morgan fingerprint density at radius 2 is 2.38 bits per heavy atom. The molecule has 1 aliphatic rings. The molecule has 1 fully saturated rings. The maximum Gasteiger partial charge on any atom is 0.340 e. The summed E-state index contributed by atoms with van der Waals surface area (Å²) in [6, 6.07) is 0. The van der Waals surface area contributed by atoms with Crippen molar-refractivity contribution in [2.24, 2.45) is 0 Å². The van der Waals surface area contributed by atoms with Crippen LogP contribution in [0.2, 0.25) is 0 Å². The summed E-state index contributed by atoms with van der Waals surface area (Å²) in [5.74, 6) is -0.321. The van der Waals surface area contributed by atoms with Crippen LogP contribution in [0.5, 0.6) is 0 Å². The molecule has 0 radical (unpaired) electrons. The van der Waals surface area contributed by atoms with Crippen molar-refractivity contribution in [3.8, 4) is 0 Å². The summed E-state index contributed by atoms with van der Waals surface area (Å²) in [7, 11) is 0. The van der Waals surface area contributed by atoms with Crippen LogP contribution >= 0.6 is 0 Å². The SMILES string of the molecule is CCCCOC(=O)C1(C)COCO1. The normalized spacial score (nSPS) is 27.5. The fourth-order valence-electron chi connectivity index (χ4n) is 1.03. The predicted molar refractivity (Wildman–Crippen MR) is 46.2 cm³/mol. The van der Waals surface area contributed by atoms with Gasteiger partial charge in [-0.15, -0.1) is 0 Å². The molecule has 4 heteroatoms. The van der Waals surface area contributed by atoms with Gasteiger partial charge in [-0.25, -0.2) is 4.79 Å². The lowest BCUT2D eigenvalue weighted by Gasteiger charge is -2.18. The van der Waals surface area contributed by atoms with Crippen LogP contribution in [0.3, 0.4) is 0 Å². The first kappa shape index (κ1) is 10.5. The van der Waals surface area contributed by atoms with Crippen molar-refractivity contribution < 1.29 is 19.0 Å². The number of hydrogen-bond donors (Lipinski definition) is 0. The zero-order valence-electron chi connectivity index (χ0n) is 8.17. The zero-order valence-corrected chi connectivity index (χ0v) is 8.17. The third-order valence-electron chi connectivity index (χ3n) is 2.00. The molecule has 0 aromatic heterocycles. The van der Waals surface area contributed by atoms with E-state index >= 15 is 0 Å². The molecule has 0 bridgehead atoms. The van der Waals surface area contributed by atoms with Gasteiger partial charge in [-0.2, -0.15) is 0 Å². The highest BCUT2D eigenvalue weighted by Gasteiger charge is 2.40. The van der Waals surface area contributed by atoms with Gasteiger partial charge in [0.15, 0.2) is 5.60 Å². The van der Waals surface area contributed by atoms with Crippen LogP contribution in [0.15, 0.2) is 0 Å². The minimum absolute atomic E-state index is 0.180. The van der Waals surface area contributed by atoms with E-state index in [2.05, 4.69) is 0 Å². The van der Waals surface area contributed by atoms with E-state index in [1.807, 2.05) is 6.92 Å². The summed E-state index contributed by atoms with van der Waals surface area (Å²) < 4.78 is 15.1. The Kier molecular flexibility index (Phi) is 3.69. The minimum atomic E-state index is -0.881. The molecule has 1 aliphatic heterocycles. The second kappa shape index (κ2) is 4.58. The Morgan fingerprint density at radius 1 is 1.62 bits per heavy atom. The van der Waals surface area contributed by atoms with Gasteiger partial charge in [-0.1, -0.05) is 13.3 Å². The fourth-order valence-corrected chi connectivity index (χ4v) is 1.03. The lowest BCUT2D eigenvalue weighted by atomic mass is 10.1. The van der Waals surface area contributed by atoms with Crippen LogP contribution in [0.4, 0.5) is 0 Å². The van der Waals surface area contributed by atoms with Gasteiger partial charge in [-0.05, 0) is 13.3 Å². The molecule has 0 N–H and O–H groups in total. The van der Waals surface area contributed by atoms with Crippen LogP contribution in [0, 0.1) is 0 Å². The van der Waals surface area contributed by atoms with Crippen LogP contribution in [0.25, 0.3) is 0 Å². The van der Waals surface area contributed by atoms with E-state index in [1.54, 1.807) is 6.92 Å². The molecular weight excluding hydrogens is 172 g/mol. The third-order valence-corrected chi connectivity index (χ3v) is 2.00. The van der Waals surface area contributed by atoms with Crippen LogP contribution in [-0.4, -0.2) is 31.6 Å². The van der Waals surface area contributed by atoms with Crippen molar-refractivity contribution >= 4 is 5.97 Å². The van der Waals surface area contributed by atoms with Gasteiger partial charge in [0.1, 0.15) is 6.79 Å². The highest BCUT2D eigenvalue weighted by Crippen LogP contribution is 2.19. The van der Waals surface area contributed by atoms with Crippen molar-refractivity contribution in [2.45, 2.75) is 32.3 Å². The molecule has 1 heterocycles. The smallest absolute Gasteiger partial charge is 0.340 e. The summed E-state index contributed by atoms with van der Waals surface area (Å²) in [5.41, 5.74) is -0.881. The van der Waals surface area contributed by atoms with Crippen LogP contribution < -0.4 is 0 Å². The molecule has 1 rings (SSSR count). The summed E-state index contributed by atoms with van der Waals surface area (Å²) in [4.78, 5) is 11.4. The number of hydrogen-bond acceptors (Lipinski definition) is 4. The van der Waals surface area contributed by atoms with E-state index in [0.717, 1.165) is 12.8 Å². The molecule has 1 atom stereocenters. The van der Waals surface area contributed by atoms with Gasteiger partial charge in [0.05, 0.1) is 13.2 Å². The predicted octanol–water partition coefficient (Wildman–Crippen LogP) is 1.09. The Hall–Kier alpha value is -0.610. The van der Waals surface area contributed by atoms with Crippen molar-refractivity contribution in [2.75, 3.05) is 20.0 Å². The molecule has 13 heavy (non-hydrogen) atoms. The maximum atomic E-state index is 11.4. The van der Waals surface area contributed by atoms with Crippen molar-refractivity contribution in [1.29, 1.82) is 0 Å². The third kappa shape index (κ3) is 2.67. The molecule has 0 amide bonds. The quantitative estimate of drug-likeness (QED) is 0.489. The Balaban J connectivity index is 2.29. The van der Waals surface area contributed by atoms with Gasteiger partial charge in [-0.3, -0.25) is 0 Å². The molecule has 0 saturated carbocycles. The van der Waals surface area contributed by atoms with Gasteiger partial charge in [0, 0.05) is 0 Å². The molecule has 0 aromatic carbocycles. The number of unbranched alkanes of at least 4 members (excludes halogenated alkanes) is 1. The fraction of sp³-hybridized carbons (Fsp3) is 0.889. The van der Waals surface area contributed by atoms with Gasteiger partial charge in [0.2, 0.25) is 0 Å². The second-order valence-electron chi connectivity index (χ2n) is 3.33. The Labute approximate surface area is 78.2 Å². The van der Waals surface area contributed by atoms with Crippen LogP contribution in [-0.2, 0) is 19.0 Å². The number of rotatable bonds is 4. The number of carbonyl (C=O) groups excluding carboxylic acids is 1. The topological polar surface area (TPSA) is 44.8 Å². The van der Waals surface area contributed by atoms with Gasteiger partial charge < -0.3 is 14.2 Å². The van der Waals surface area contributed by atoms with Crippen molar-refractivity contribution in [3.05, 3.63) is 0 Å². The zero-order chi connectivity index (χ0) is 9.73. The molecular formula is C9H16O4. The van der Waals surface area contributed by atoms with E-state index in [9.17, 15) is 4.79 Å². The maximum absolute atomic E-state index is 11.4. The summed E-state index contributed by atoms with van der Waals surface area (Å²) in [6.45, 7) is 4.67. The van der Waals surface area contributed by atoms with Crippen molar-refractivity contribution in [1.82, 2.24) is 0 Å². The first-order chi connectivity index (χ1) is 6.19. The molecule has 0 spiro atoms. The first-order valence-electron chi connectivity index (χ1n) is 4.58. The minimum Gasteiger partial charge on any atom is -0.463 e. The average Bonchev–Trinajstić information content (AvgIpc) is 2.54. The lowest BCUT2D eigenvalue weighted by molar-refractivity contribution is -0.164. The second-order valence-corrected chi connectivity index (χ2v) is 3.33. The highest BCUT2D eigenvalue weighted by atomic mass is 16.7. The molecule has 1 saturated heterocycles. The molecule has 4 nitrogen and oxygen atoms in total. The largest absolute Gasteiger partial charge is 0.463 e. The van der Waals surface area contributed by atoms with E-state index < -0.39 is 5.60 Å². The van der Waals surface area contributed by atoms with Gasteiger partial charge in [0.25, 0.3) is 0 Å². The number of ether oxygens (including phenoxy) is 3. The monoisotopic (exact) mass is 188 g/mol. The Bertz CT molecular complexity index is 172.